The van der Waals surface area contributed by atoms with Crippen LogP contribution >= 0.6 is 0 Å². The van der Waals surface area contributed by atoms with Gasteiger partial charge in [0.25, 0.3) is 0 Å². The lowest BCUT2D eigenvalue weighted by Crippen LogP contribution is -2.08. The Balaban J connectivity index is 2.08. The van der Waals surface area contributed by atoms with E-state index in [9.17, 15) is 0 Å². The number of nitrogens with zero attached hydrogens (tertiary/aromatic N) is 1. The van der Waals surface area contributed by atoms with Gasteiger partial charge in [-0.3, -0.25) is 10.4 Å². The summed E-state index contributed by atoms with van der Waals surface area (Å²) >= 11 is 0. The number of unbranched alkanes of at least 4 members (excludes halogenated alkanes) is 2. The molecule has 3 N–H and O–H groups in total. The second-order valence-electron chi connectivity index (χ2n) is 3.41. The van der Waals surface area contributed by atoms with Crippen LogP contribution in [0.2, 0.25) is 0 Å². The molecule has 14 heavy (non-hydrogen) atoms. The van der Waals surface area contributed by atoms with Crippen LogP contribution < -0.4 is 5.73 Å². The smallest absolute Gasteiger partial charge is 0.0905 e. The van der Waals surface area contributed by atoms with E-state index in [0.717, 1.165) is 37.8 Å². The first-order valence-corrected chi connectivity index (χ1v) is 5.02. The Hall–Kier alpha value is -1.38. The number of pyridine rings is 1. The van der Waals surface area contributed by atoms with Gasteiger partial charge in [0.2, 0.25) is 0 Å². The van der Waals surface area contributed by atoms with Crippen LogP contribution in [0.25, 0.3) is 0 Å². The molecule has 0 saturated carbocycles. The van der Waals surface area contributed by atoms with Crippen molar-refractivity contribution < 1.29 is 0 Å². The van der Waals surface area contributed by atoms with Crippen molar-refractivity contribution in [2.75, 3.05) is 0 Å². The summed E-state index contributed by atoms with van der Waals surface area (Å²) in [5.41, 5.74) is 6.41. The molecule has 3 heteroatoms. The molecule has 1 heterocycles. The predicted octanol–water partition coefficient (Wildman–Crippen LogP) is 2.12. The lowest BCUT2D eigenvalue weighted by atomic mass is 10.1. The number of nitrogens with two attached hydrogens (primary N) is 1. The predicted molar refractivity (Wildman–Crippen MR) is 58.3 cm³/mol. The van der Waals surface area contributed by atoms with Gasteiger partial charge in [0, 0.05) is 18.3 Å². The van der Waals surface area contributed by atoms with Crippen LogP contribution in [0.3, 0.4) is 0 Å². The Morgan fingerprint density at radius 1 is 1.29 bits per heavy atom. The van der Waals surface area contributed by atoms with Crippen molar-refractivity contribution in [3.63, 3.8) is 0 Å². The van der Waals surface area contributed by atoms with E-state index in [2.05, 4.69) is 4.98 Å². The summed E-state index contributed by atoms with van der Waals surface area (Å²) in [7, 11) is 0. The number of nitrogens with one attached hydrogen (secondary N) is 1. The third kappa shape index (κ3) is 4.60. The molecule has 76 valence electrons. The number of amidine groups is 1. The Kier molecular flexibility index (Phi) is 4.69. The highest BCUT2D eigenvalue weighted by atomic mass is 14.7. The van der Waals surface area contributed by atoms with E-state index in [-0.39, 0.29) is 0 Å². The molecule has 1 aromatic heterocycles. The first kappa shape index (κ1) is 10.7. The van der Waals surface area contributed by atoms with E-state index in [1.165, 1.54) is 0 Å². The van der Waals surface area contributed by atoms with Gasteiger partial charge in [-0.05, 0) is 31.4 Å². The molecule has 0 aliphatic carbocycles. The summed E-state index contributed by atoms with van der Waals surface area (Å²) in [5.74, 6) is 0.294. The van der Waals surface area contributed by atoms with Gasteiger partial charge in [-0.1, -0.05) is 12.5 Å². The molecule has 0 atom stereocenters. The molecule has 0 saturated heterocycles. The second kappa shape index (κ2) is 6.13. The zero-order valence-electron chi connectivity index (χ0n) is 8.37. The molecule has 0 fully saturated rings. The van der Waals surface area contributed by atoms with Gasteiger partial charge in [0.1, 0.15) is 0 Å². The molecule has 0 aromatic carbocycles. The first-order valence-electron chi connectivity index (χ1n) is 5.02. The first-order chi connectivity index (χ1) is 6.79. The van der Waals surface area contributed by atoms with E-state index < -0.39 is 0 Å². The van der Waals surface area contributed by atoms with Crippen molar-refractivity contribution in [1.29, 1.82) is 5.41 Å². The van der Waals surface area contributed by atoms with Gasteiger partial charge in [0.05, 0.1) is 5.84 Å². The van der Waals surface area contributed by atoms with Gasteiger partial charge in [0.15, 0.2) is 0 Å². The third-order valence-corrected chi connectivity index (χ3v) is 2.11. The number of hydrogen-bond acceptors (Lipinski definition) is 2. The number of aromatic nitrogens is 1. The van der Waals surface area contributed by atoms with Crippen LogP contribution in [-0.2, 0) is 6.42 Å². The fraction of sp³-hybridized carbons (Fsp3) is 0.455. The summed E-state index contributed by atoms with van der Waals surface area (Å²) in [5, 5.41) is 7.06. The van der Waals surface area contributed by atoms with Gasteiger partial charge in [-0.15, -0.1) is 0 Å². The molecule has 0 unspecified atom stereocenters. The van der Waals surface area contributed by atoms with Gasteiger partial charge < -0.3 is 5.73 Å². The van der Waals surface area contributed by atoms with E-state index in [1.807, 2.05) is 24.4 Å². The van der Waals surface area contributed by atoms with Crippen LogP contribution in [0.5, 0.6) is 0 Å². The standard InChI is InChI=1S/C11H17N3/c12-11(13)8-3-1-2-6-10-7-4-5-9-14-10/h4-5,7,9H,1-3,6,8H2,(H3,12,13). The Morgan fingerprint density at radius 2 is 2.14 bits per heavy atom. The van der Waals surface area contributed by atoms with Gasteiger partial charge in [-0.2, -0.15) is 0 Å². The van der Waals surface area contributed by atoms with Crippen molar-refractivity contribution >= 4 is 5.84 Å². The van der Waals surface area contributed by atoms with Crippen molar-refractivity contribution in [2.24, 2.45) is 5.73 Å². The molecule has 0 radical (unpaired) electrons. The van der Waals surface area contributed by atoms with Crippen LogP contribution in [0, 0.1) is 5.41 Å². The van der Waals surface area contributed by atoms with Crippen molar-refractivity contribution in [3.05, 3.63) is 30.1 Å². The monoisotopic (exact) mass is 191 g/mol. The molecule has 1 rings (SSSR count). The maximum absolute atomic E-state index is 7.06. The van der Waals surface area contributed by atoms with Gasteiger partial charge >= 0.3 is 0 Å². The largest absolute Gasteiger partial charge is 0.388 e. The van der Waals surface area contributed by atoms with Crippen molar-refractivity contribution in [1.82, 2.24) is 4.98 Å². The van der Waals surface area contributed by atoms with Gasteiger partial charge in [-0.25, -0.2) is 0 Å². The summed E-state index contributed by atoms with van der Waals surface area (Å²) in [6.45, 7) is 0. The topological polar surface area (TPSA) is 62.8 Å². The molecule has 0 bridgehead atoms. The molecule has 0 spiro atoms. The molecule has 3 nitrogen and oxygen atoms in total. The van der Waals surface area contributed by atoms with Crippen LogP contribution in [0.1, 0.15) is 31.4 Å². The molecule has 1 aromatic rings. The lowest BCUT2D eigenvalue weighted by Gasteiger charge is -2.00. The summed E-state index contributed by atoms with van der Waals surface area (Å²) in [6.07, 6.45) is 6.84. The van der Waals surface area contributed by atoms with E-state index in [4.69, 9.17) is 11.1 Å². The van der Waals surface area contributed by atoms with Crippen molar-refractivity contribution in [2.45, 2.75) is 32.1 Å². The fourth-order valence-electron chi connectivity index (χ4n) is 1.34. The van der Waals surface area contributed by atoms with Crippen molar-refractivity contribution in [3.8, 4) is 0 Å². The SMILES string of the molecule is N=C(N)CCCCCc1ccccn1. The van der Waals surface area contributed by atoms with E-state index >= 15 is 0 Å². The highest BCUT2D eigenvalue weighted by Crippen LogP contribution is 2.04. The summed E-state index contributed by atoms with van der Waals surface area (Å²) in [4.78, 5) is 4.24. The lowest BCUT2D eigenvalue weighted by molar-refractivity contribution is 0.686. The highest BCUT2D eigenvalue weighted by molar-refractivity contribution is 5.76. The summed E-state index contributed by atoms with van der Waals surface area (Å²) in [6, 6.07) is 5.99. The third-order valence-electron chi connectivity index (χ3n) is 2.11. The normalized spacial score (nSPS) is 10.0. The quantitative estimate of drug-likeness (QED) is 0.411. The fourth-order valence-corrected chi connectivity index (χ4v) is 1.34. The maximum atomic E-state index is 7.06. The Bertz CT molecular complexity index is 269. The molecular formula is C11H17N3. The van der Waals surface area contributed by atoms with Crippen LogP contribution in [-0.4, -0.2) is 10.8 Å². The average molecular weight is 191 g/mol. The molecule has 0 aliphatic rings. The maximum Gasteiger partial charge on any atom is 0.0905 e. The zero-order chi connectivity index (χ0) is 10.2. The van der Waals surface area contributed by atoms with E-state index in [0.29, 0.717) is 5.84 Å². The average Bonchev–Trinajstić information content (AvgIpc) is 2.18. The van der Waals surface area contributed by atoms with Crippen LogP contribution in [0.4, 0.5) is 0 Å². The molecule has 0 aliphatic heterocycles. The second-order valence-corrected chi connectivity index (χ2v) is 3.41. The van der Waals surface area contributed by atoms with Crippen LogP contribution in [0.15, 0.2) is 24.4 Å². The number of rotatable bonds is 6. The molecular weight excluding hydrogens is 174 g/mol. The molecule has 0 amide bonds. The Labute approximate surface area is 84.9 Å². The number of hydrogen-bond donors (Lipinski definition) is 2. The minimum absolute atomic E-state index is 0.294. The zero-order valence-corrected chi connectivity index (χ0v) is 8.37. The minimum atomic E-state index is 0.294. The van der Waals surface area contributed by atoms with E-state index in [1.54, 1.807) is 0 Å². The summed E-state index contributed by atoms with van der Waals surface area (Å²) < 4.78 is 0. The number of aryl methyl sites for hydroxylation is 1. The Morgan fingerprint density at radius 3 is 2.79 bits per heavy atom. The highest BCUT2D eigenvalue weighted by Gasteiger charge is 1.94. The minimum Gasteiger partial charge on any atom is -0.388 e.